The highest BCUT2D eigenvalue weighted by molar-refractivity contribution is 6.21. The second kappa shape index (κ2) is 16.4. The van der Waals surface area contributed by atoms with E-state index in [9.17, 15) is 24.0 Å². The highest BCUT2D eigenvalue weighted by Gasteiger charge is 2.35. The molecule has 6 rings (SSSR count). The number of amides is 4. The summed E-state index contributed by atoms with van der Waals surface area (Å²) in [6.45, 7) is 4.43. The van der Waals surface area contributed by atoms with E-state index < -0.39 is 17.7 Å². The Labute approximate surface area is 312 Å². The van der Waals surface area contributed by atoms with Crippen molar-refractivity contribution >= 4 is 52.0 Å². The topological polar surface area (TPSA) is 160 Å². The largest absolute Gasteiger partial charge is 0.495 e. The Morgan fingerprint density at radius 1 is 0.889 bits per heavy atom. The van der Waals surface area contributed by atoms with Gasteiger partial charge in [-0.1, -0.05) is 24.3 Å². The van der Waals surface area contributed by atoms with Crippen molar-refractivity contribution in [3.05, 3.63) is 113 Å². The summed E-state index contributed by atoms with van der Waals surface area (Å²) >= 11 is 0. The van der Waals surface area contributed by atoms with Crippen molar-refractivity contribution in [1.29, 1.82) is 0 Å². The molecule has 13 nitrogen and oxygen atoms in total. The lowest BCUT2D eigenvalue weighted by atomic mass is 10.1. The van der Waals surface area contributed by atoms with Crippen LogP contribution >= 0.6 is 0 Å². The maximum atomic E-state index is 13.7. The second-order valence-electron chi connectivity index (χ2n) is 12.8. The summed E-state index contributed by atoms with van der Waals surface area (Å²) in [5.74, 6) is -0.628. The van der Waals surface area contributed by atoms with Crippen molar-refractivity contribution in [3.8, 4) is 11.5 Å². The van der Waals surface area contributed by atoms with Gasteiger partial charge in [-0.15, -0.1) is 0 Å². The minimum absolute atomic E-state index is 0.0887. The van der Waals surface area contributed by atoms with Gasteiger partial charge in [-0.05, 0) is 93.3 Å². The summed E-state index contributed by atoms with van der Waals surface area (Å²) in [4.78, 5) is 75.1. The number of carbonyl (C=O) groups excluding carboxylic acids is 5. The van der Waals surface area contributed by atoms with Gasteiger partial charge in [-0.3, -0.25) is 28.9 Å². The SMILES string of the molecule is CCOC(=O)CCCCCOc1cc(C)ccc1N(C)C(=O)c1ccc(NC(=O)c2cccc3[nH]c(CN4C(=O)c5ccccc5C4=O)nc23)c(OC)c1. The van der Waals surface area contributed by atoms with Gasteiger partial charge < -0.3 is 29.4 Å². The molecule has 0 aliphatic carbocycles. The highest BCUT2D eigenvalue weighted by Crippen LogP contribution is 2.33. The predicted octanol–water partition coefficient (Wildman–Crippen LogP) is 6.71. The minimum Gasteiger partial charge on any atom is -0.495 e. The maximum Gasteiger partial charge on any atom is 0.305 e. The van der Waals surface area contributed by atoms with Gasteiger partial charge in [0.1, 0.15) is 22.8 Å². The molecule has 0 fully saturated rings. The Balaban J connectivity index is 1.12. The predicted molar refractivity (Wildman–Crippen MR) is 202 cm³/mol. The quantitative estimate of drug-likeness (QED) is 0.0678. The number of aromatic nitrogens is 2. The van der Waals surface area contributed by atoms with Crippen LogP contribution in [-0.4, -0.2) is 71.8 Å². The lowest BCUT2D eigenvalue weighted by molar-refractivity contribution is -0.143. The lowest BCUT2D eigenvalue weighted by Gasteiger charge is -2.22. The average molecular weight is 732 g/mol. The standard InChI is InChI=1S/C41H41N5O8/c1-5-53-36(47)16-7-6-10-21-54-34-22-25(2)17-20-32(34)45(3)39(49)26-18-19-30(33(23-26)52-4)43-38(48)29-14-11-15-31-37(29)44-35(42-31)24-46-40(50)27-12-8-9-13-28(27)41(46)51/h8-9,11-15,17-20,22-23H,5-7,10,16,21,24H2,1-4H3,(H,42,44)(H,43,48). The molecule has 1 aromatic heterocycles. The smallest absolute Gasteiger partial charge is 0.305 e. The monoisotopic (exact) mass is 731 g/mol. The first-order valence-corrected chi connectivity index (χ1v) is 17.7. The van der Waals surface area contributed by atoms with E-state index in [-0.39, 0.29) is 29.7 Å². The van der Waals surface area contributed by atoms with Gasteiger partial charge in [0.05, 0.1) is 60.5 Å². The third-order valence-corrected chi connectivity index (χ3v) is 9.06. The number of para-hydroxylation sites is 1. The molecule has 0 saturated heterocycles. The Morgan fingerprint density at radius 3 is 2.37 bits per heavy atom. The zero-order valence-corrected chi connectivity index (χ0v) is 30.6. The van der Waals surface area contributed by atoms with Crippen molar-refractivity contribution < 1.29 is 38.2 Å². The lowest BCUT2D eigenvalue weighted by Crippen LogP contribution is -2.29. The number of H-pyrrole nitrogens is 1. The molecule has 2 N–H and O–H groups in total. The van der Waals surface area contributed by atoms with Gasteiger partial charge in [-0.25, -0.2) is 4.98 Å². The molecule has 13 heteroatoms. The summed E-state index contributed by atoms with van der Waals surface area (Å²) in [6.07, 6.45) is 2.62. The van der Waals surface area contributed by atoms with Gasteiger partial charge in [0.15, 0.2) is 0 Å². The summed E-state index contributed by atoms with van der Waals surface area (Å²) in [5, 5.41) is 2.86. The first kappa shape index (κ1) is 37.3. The van der Waals surface area contributed by atoms with Crippen LogP contribution in [0.1, 0.15) is 85.4 Å². The van der Waals surface area contributed by atoms with Crippen LogP contribution < -0.4 is 19.7 Å². The first-order chi connectivity index (χ1) is 26.1. The third kappa shape index (κ3) is 7.94. The van der Waals surface area contributed by atoms with Gasteiger partial charge in [-0.2, -0.15) is 0 Å². The van der Waals surface area contributed by atoms with Gasteiger partial charge in [0.2, 0.25) is 0 Å². The van der Waals surface area contributed by atoms with Crippen LogP contribution in [0.3, 0.4) is 0 Å². The summed E-state index contributed by atoms with van der Waals surface area (Å²) in [5.41, 5.74) is 4.07. The van der Waals surface area contributed by atoms with E-state index in [1.54, 1.807) is 74.6 Å². The number of nitrogens with zero attached hydrogens (tertiary/aromatic N) is 3. The number of unbranched alkanes of at least 4 members (excludes halogenated alkanes) is 2. The van der Waals surface area contributed by atoms with Crippen molar-refractivity contribution in [2.24, 2.45) is 0 Å². The summed E-state index contributed by atoms with van der Waals surface area (Å²) < 4.78 is 16.7. The Morgan fingerprint density at radius 2 is 1.65 bits per heavy atom. The fourth-order valence-electron chi connectivity index (χ4n) is 6.27. The Hall–Kier alpha value is -6.50. The van der Waals surface area contributed by atoms with E-state index in [0.717, 1.165) is 23.3 Å². The van der Waals surface area contributed by atoms with Crippen molar-refractivity contribution in [1.82, 2.24) is 14.9 Å². The number of methoxy groups -OCH3 is 1. The molecule has 0 bridgehead atoms. The normalized spacial score (nSPS) is 12.1. The number of hydrogen-bond donors (Lipinski definition) is 2. The molecule has 0 radical (unpaired) electrons. The number of carbonyl (C=O) groups is 5. The zero-order valence-electron chi connectivity index (χ0n) is 30.6. The number of rotatable bonds is 15. The highest BCUT2D eigenvalue weighted by atomic mass is 16.5. The number of imidazole rings is 1. The van der Waals surface area contributed by atoms with E-state index in [1.165, 1.54) is 12.0 Å². The number of anilines is 2. The van der Waals surface area contributed by atoms with Crippen LogP contribution in [0.4, 0.5) is 11.4 Å². The molecular weight excluding hydrogens is 690 g/mol. The van der Waals surface area contributed by atoms with E-state index in [0.29, 0.717) is 76.7 Å². The van der Waals surface area contributed by atoms with E-state index >= 15 is 0 Å². The number of aryl methyl sites for hydroxylation is 1. The number of ether oxygens (including phenoxy) is 3. The average Bonchev–Trinajstić information content (AvgIpc) is 3.70. The van der Waals surface area contributed by atoms with Crippen molar-refractivity contribution in [2.45, 2.75) is 46.1 Å². The molecule has 1 aliphatic heterocycles. The molecule has 5 aromatic rings. The molecule has 0 atom stereocenters. The van der Waals surface area contributed by atoms with E-state index in [2.05, 4.69) is 15.3 Å². The number of esters is 1. The van der Waals surface area contributed by atoms with Crippen LogP contribution in [0.2, 0.25) is 0 Å². The second-order valence-corrected chi connectivity index (χ2v) is 12.8. The fraction of sp³-hybridized carbons (Fsp3) is 0.268. The molecule has 1 aliphatic rings. The van der Waals surface area contributed by atoms with E-state index in [1.807, 2.05) is 25.1 Å². The number of hydrogen-bond acceptors (Lipinski definition) is 9. The summed E-state index contributed by atoms with van der Waals surface area (Å²) in [6, 6.07) is 22.1. The Kier molecular flexibility index (Phi) is 11.4. The van der Waals surface area contributed by atoms with Gasteiger partial charge >= 0.3 is 5.97 Å². The van der Waals surface area contributed by atoms with Crippen LogP contribution in [-0.2, 0) is 16.1 Å². The van der Waals surface area contributed by atoms with Crippen LogP contribution in [0.5, 0.6) is 11.5 Å². The third-order valence-electron chi connectivity index (χ3n) is 9.06. The van der Waals surface area contributed by atoms with Crippen molar-refractivity contribution in [3.63, 3.8) is 0 Å². The van der Waals surface area contributed by atoms with Crippen LogP contribution in [0, 0.1) is 6.92 Å². The molecule has 2 heterocycles. The fourth-order valence-corrected chi connectivity index (χ4v) is 6.27. The maximum absolute atomic E-state index is 13.7. The van der Waals surface area contributed by atoms with Crippen LogP contribution in [0.15, 0.2) is 78.9 Å². The summed E-state index contributed by atoms with van der Waals surface area (Å²) in [7, 11) is 3.11. The molecule has 4 amide bonds. The van der Waals surface area contributed by atoms with E-state index in [4.69, 9.17) is 14.2 Å². The number of nitrogens with one attached hydrogen (secondary N) is 2. The van der Waals surface area contributed by atoms with Gasteiger partial charge in [0, 0.05) is 19.0 Å². The first-order valence-electron chi connectivity index (χ1n) is 17.7. The van der Waals surface area contributed by atoms with Crippen LogP contribution in [0.25, 0.3) is 11.0 Å². The number of benzene rings is 4. The number of fused-ring (bicyclic) bond motifs is 2. The molecule has 278 valence electrons. The van der Waals surface area contributed by atoms with Gasteiger partial charge in [0.25, 0.3) is 23.6 Å². The zero-order chi connectivity index (χ0) is 38.4. The molecule has 4 aromatic carbocycles. The number of imide groups is 1. The Bertz CT molecular complexity index is 2210. The molecule has 0 saturated carbocycles. The van der Waals surface area contributed by atoms with Crippen molar-refractivity contribution in [2.75, 3.05) is 37.6 Å². The molecular formula is C41H41N5O8. The minimum atomic E-state index is -0.476. The molecule has 0 spiro atoms. The number of aromatic amines is 1. The molecule has 54 heavy (non-hydrogen) atoms. The molecule has 0 unspecified atom stereocenters.